The predicted molar refractivity (Wildman–Crippen MR) is 61.3 cm³/mol. The number of ether oxygens (including phenoxy) is 1. The van der Waals surface area contributed by atoms with Gasteiger partial charge in [-0.15, -0.1) is 0 Å². The summed E-state index contributed by atoms with van der Waals surface area (Å²) in [5.74, 6) is 0.697. The Labute approximate surface area is 95.3 Å². The second-order valence-electron chi connectivity index (χ2n) is 3.92. The van der Waals surface area contributed by atoms with E-state index < -0.39 is 9.84 Å². The lowest BCUT2D eigenvalue weighted by Gasteiger charge is -2.06. The van der Waals surface area contributed by atoms with Gasteiger partial charge in [0.05, 0.1) is 17.3 Å². The number of fused-ring (bicyclic) bond motifs is 1. The molecule has 0 saturated carbocycles. The molecule has 16 heavy (non-hydrogen) atoms. The molecule has 1 aliphatic rings. The van der Waals surface area contributed by atoms with Crippen molar-refractivity contribution in [3.05, 3.63) is 23.8 Å². The van der Waals surface area contributed by atoms with E-state index in [0.717, 1.165) is 5.56 Å². The van der Waals surface area contributed by atoms with Gasteiger partial charge in [-0.3, -0.25) is 0 Å². The lowest BCUT2D eigenvalue weighted by atomic mass is 10.1. The van der Waals surface area contributed by atoms with Crippen molar-refractivity contribution in [1.29, 1.82) is 0 Å². The Balaban J connectivity index is 2.44. The van der Waals surface area contributed by atoms with Crippen LogP contribution in [0.25, 0.3) is 0 Å². The third-order valence-electron chi connectivity index (χ3n) is 2.95. The van der Waals surface area contributed by atoms with E-state index in [1.165, 1.54) is 0 Å². The minimum Gasteiger partial charge on any atom is -0.497 e. The predicted octanol–water partition coefficient (Wildman–Crippen LogP) is 0.742. The first-order valence-corrected chi connectivity index (χ1v) is 6.75. The van der Waals surface area contributed by atoms with Crippen LogP contribution >= 0.6 is 0 Å². The second kappa shape index (κ2) is 4.07. The van der Waals surface area contributed by atoms with Crippen molar-refractivity contribution in [3.8, 4) is 5.75 Å². The number of nitrogens with two attached hydrogens (primary N) is 1. The van der Waals surface area contributed by atoms with Crippen LogP contribution in [0.1, 0.15) is 12.0 Å². The van der Waals surface area contributed by atoms with Gasteiger partial charge in [0.15, 0.2) is 9.84 Å². The van der Waals surface area contributed by atoms with Crippen molar-refractivity contribution in [2.75, 3.05) is 13.7 Å². The van der Waals surface area contributed by atoms with E-state index in [-0.39, 0.29) is 5.25 Å². The van der Waals surface area contributed by atoms with Gasteiger partial charge in [0.2, 0.25) is 0 Å². The summed E-state index contributed by atoms with van der Waals surface area (Å²) in [5, 5.41) is -0.361. The maximum absolute atomic E-state index is 12.1. The van der Waals surface area contributed by atoms with Crippen LogP contribution in [0.4, 0.5) is 0 Å². The molecule has 0 fully saturated rings. The summed E-state index contributed by atoms with van der Waals surface area (Å²) in [5.41, 5.74) is 6.28. The largest absolute Gasteiger partial charge is 0.497 e. The summed E-state index contributed by atoms with van der Waals surface area (Å²) in [6.45, 7) is 0.398. The molecule has 2 N–H and O–H groups in total. The smallest absolute Gasteiger partial charge is 0.181 e. The molecule has 5 heteroatoms. The molecule has 0 amide bonds. The average molecular weight is 241 g/mol. The molecule has 0 aliphatic carbocycles. The fourth-order valence-corrected chi connectivity index (χ4v) is 4.07. The molecule has 4 nitrogen and oxygen atoms in total. The highest BCUT2D eigenvalue weighted by atomic mass is 32.2. The summed E-state index contributed by atoms with van der Waals surface area (Å²) in [6.07, 6.45) is 1.06. The summed E-state index contributed by atoms with van der Waals surface area (Å²) in [4.78, 5) is 0.437. The van der Waals surface area contributed by atoms with E-state index >= 15 is 0 Å². The van der Waals surface area contributed by atoms with Crippen molar-refractivity contribution in [2.45, 2.75) is 23.0 Å². The number of hydrogen-bond donors (Lipinski definition) is 1. The Hall–Kier alpha value is -1.07. The van der Waals surface area contributed by atoms with E-state index in [2.05, 4.69) is 0 Å². The number of benzene rings is 1. The van der Waals surface area contributed by atoms with Gasteiger partial charge in [-0.2, -0.15) is 0 Å². The van der Waals surface area contributed by atoms with Gasteiger partial charge in [-0.05, 0) is 43.1 Å². The van der Waals surface area contributed by atoms with Crippen LogP contribution in [0.5, 0.6) is 5.75 Å². The molecule has 1 atom stereocenters. The Bertz CT molecular complexity index is 496. The maximum atomic E-state index is 12.1. The molecule has 0 aromatic heterocycles. The Morgan fingerprint density at radius 2 is 2.25 bits per heavy atom. The Morgan fingerprint density at radius 1 is 1.50 bits per heavy atom. The fourth-order valence-electron chi connectivity index (χ4n) is 2.10. The van der Waals surface area contributed by atoms with E-state index in [0.29, 0.717) is 30.0 Å². The number of methoxy groups -OCH3 is 1. The van der Waals surface area contributed by atoms with Crippen LogP contribution in [-0.2, 0) is 16.3 Å². The van der Waals surface area contributed by atoms with Gasteiger partial charge in [0.25, 0.3) is 0 Å². The van der Waals surface area contributed by atoms with E-state index in [1.807, 2.05) is 0 Å². The molecular weight excluding hydrogens is 226 g/mol. The van der Waals surface area contributed by atoms with Crippen LogP contribution in [0.15, 0.2) is 23.1 Å². The van der Waals surface area contributed by atoms with Crippen molar-refractivity contribution >= 4 is 9.84 Å². The topological polar surface area (TPSA) is 69.4 Å². The molecule has 1 aromatic rings. The maximum Gasteiger partial charge on any atom is 0.181 e. The molecule has 0 saturated heterocycles. The molecule has 2 rings (SSSR count). The molecule has 1 heterocycles. The quantitative estimate of drug-likeness (QED) is 0.847. The zero-order valence-electron chi connectivity index (χ0n) is 9.14. The highest BCUT2D eigenvalue weighted by Gasteiger charge is 2.36. The van der Waals surface area contributed by atoms with E-state index in [1.54, 1.807) is 25.3 Å². The third-order valence-corrected chi connectivity index (χ3v) is 5.24. The lowest BCUT2D eigenvalue weighted by Crippen LogP contribution is -2.20. The first-order chi connectivity index (χ1) is 7.59. The number of sulfone groups is 1. The SMILES string of the molecule is COc1ccc2c(c1)CC(CCN)S2(=O)=O. The van der Waals surface area contributed by atoms with Crippen LogP contribution in [0.3, 0.4) is 0 Å². The van der Waals surface area contributed by atoms with E-state index in [4.69, 9.17) is 10.5 Å². The molecule has 0 spiro atoms. The standard InChI is InChI=1S/C11H15NO3S/c1-15-9-2-3-11-8(6-9)7-10(4-5-12)16(11,13)14/h2-3,6,10H,4-5,7,12H2,1H3. The monoisotopic (exact) mass is 241 g/mol. The summed E-state index contributed by atoms with van der Waals surface area (Å²) >= 11 is 0. The highest BCUT2D eigenvalue weighted by Crippen LogP contribution is 2.34. The highest BCUT2D eigenvalue weighted by molar-refractivity contribution is 7.92. The van der Waals surface area contributed by atoms with Crippen molar-refractivity contribution in [1.82, 2.24) is 0 Å². The molecule has 1 unspecified atom stereocenters. The molecule has 1 aromatic carbocycles. The van der Waals surface area contributed by atoms with Gasteiger partial charge in [0, 0.05) is 0 Å². The van der Waals surface area contributed by atoms with Gasteiger partial charge < -0.3 is 10.5 Å². The molecule has 88 valence electrons. The van der Waals surface area contributed by atoms with Gasteiger partial charge in [-0.1, -0.05) is 0 Å². The second-order valence-corrected chi connectivity index (χ2v) is 6.12. The normalized spacial score (nSPS) is 21.8. The zero-order valence-corrected chi connectivity index (χ0v) is 9.96. The Kier molecular flexibility index (Phi) is 2.90. The van der Waals surface area contributed by atoms with Gasteiger partial charge >= 0.3 is 0 Å². The average Bonchev–Trinajstić information content (AvgIpc) is 2.51. The lowest BCUT2D eigenvalue weighted by molar-refractivity contribution is 0.414. The third kappa shape index (κ3) is 1.70. The van der Waals surface area contributed by atoms with Crippen molar-refractivity contribution in [3.63, 3.8) is 0 Å². The number of rotatable bonds is 3. The molecule has 0 bridgehead atoms. The van der Waals surface area contributed by atoms with Crippen LogP contribution in [0, 0.1) is 0 Å². The number of hydrogen-bond acceptors (Lipinski definition) is 4. The molecule has 1 aliphatic heterocycles. The minimum absolute atomic E-state index is 0.361. The van der Waals surface area contributed by atoms with Crippen LogP contribution < -0.4 is 10.5 Å². The van der Waals surface area contributed by atoms with Crippen molar-refractivity contribution < 1.29 is 13.2 Å². The van der Waals surface area contributed by atoms with Crippen molar-refractivity contribution in [2.24, 2.45) is 5.73 Å². The summed E-state index contributed by atoms with van der Waals surface area (Å²) in [6, 6.07) is 5.10. The van der Waals surface area contributed by atoms with Crippen LogP contribution in [0.2, 0.25) is 0 Å². The summed E-state index contributed by atoms with van der Waals surface area (Å²) < 4.78 is 29.2. The zero-order chi connectivity index (χ0) is 11.8. The first kappa shape index (κ1) is 11.4. The summed E-state index contributed by atoms with van der Waals surface area (Å²) in [7, 11) is -1.60. The van der Waals surface area contributed by atoms with E-state index in [9.17, 15) is 8.42 Å². The Morgan fingerprint density at radius 3 is 2.88 bits per heavy atom. The minimum atomic E-state index is -3.17. The van der Waals surface area contributed by atoms with Gasteiger partial charge in [-0.25, -0.2) is 8.42 Å². The molecular formula is C11H15NO3S. The van der Waals surface area contributed by atoms with Gasteiger partial charge in [0.1, 0.15) is 5.75 Å². The van der Waals surface area contributed by atoms with Crippen LogP contribution in [-0.4, -0.2) is 27.3 Å². The fraction of sp³-hybridized carbons (Fsp3) is 0.455. The molecule has 0 radical (unpaired) electrons. The first-order valence-electron chi connectivity index (χ1n) is 5.20.